The zero-order valence-electron chi connectivity index (χ0n) is 8.81. The Hall–Kier alpha value is -2.37. The van der Waals surface area contributed by atoms with E-state index in [0.717, 1.165) is 6.20 Å². The molecule has 0 saturated heterocycles. The van der Waals surface area contributed by atoms with E-state index in [-0.39, 0.29) is 17.1 Å². The number of aromatic carboxylic acids is 1. The van der Waals surface area contributed by atoms with Crippen LogP contribution in [0, 0.1) is 5.82 Å². The molecular weight excluding hydrogens is 229 g/mol. The molecule has 0 saturated carbocycles. The van der Waals surface area contributed by atoms with E-state index in [9.17, 15) is 9.18 Å². The second-order valence-electron chi connectivity index (χ2n) is 3.22. The Morgan fingerprint density at radius 3 is 2.94 bits per heavy atom. The van der Waals surface area contributed by atoms with Gasteiger partial charge in [0.05, 0.1) is 13.3 Å². The molecule has 0 aliphatic heterocycles. The summed E-state index contributed by atoms with van der Waals surface area (Å²) in [6.45, 7) is 0. The highest BCUT2D eigenvalue weighted by molar-refractivity contribution is 5.93. The van der Waals surface area contributed by atoms with E-state index >= 15 is 0 Å². The molecule has 0 atom stereocenters. The maximum atomic E-state index is 13.2. The summed E-state index contributed by atoms with van der Waals surface area (Å²) in [5.41, 5.74) is 0.303. The van der Waals surface area contributed by atoms with Crippen molar-refractivity contribution in [3.05, 3.63) is 35.8 Å². The monoisotopic (exact) mass is 237 g/mol. The number of ether oxygens (including phenoxy) is 1. The van der Waals surface area contributed by atoms with Crippen molar-refractivity contribution in [3.8, 4) is 17.1 Å². The van der Waals surface area contributed by atoms with Crippen LogP contribution in [0.15, 0.2) is 28.9 Å². The highest BCUT2D eigenvalue weighted by atomic mass is 19.1. The molecule has 6 heteroatoms. The number of carboxylic acid groups (broad SMARTS) is 1. The lowest BCUT2D eigenvalue weighted by Crippen LogP contribution is -1.96. The average molecular weight is 237 g/mol. The first-order chi connectivity index (χ1) is 8.13. The quantitative estimate of drug-likeness (QED) is 0.885. The third-order valence-corrected chi connectivity index (χ3v) is 2.21. The Kier molecular flexibility index (Phi) is 2.78. The second-order valence-corrected chi connectivity index (χ2v) is 3.22. The molecule has 1 aromatic carbocycles. The van der Waals surface area contributed by atoms with Crippen molar-refractivity contribution in [2.45, 2.75) is 0 Å². The van der Waals surface area contributed by atoms with Crippen molar-refractivity contribution in [1.82, 2.24) is 5.16 Å². The number of aromatic nitrogens is 1. The number of rotatable bonds is 3. The second kappa shape index (κ2) is 4.25. The molecule has 0 aliphatic rings. The summed E-state index contributed by atoms with van der Waals surface area (Å²) >= 11 is 0. The van der Waals surface area contributed by atoms with Crippen LogP contribution in [-0.4, -0.2) is 23.3 Å². The van der Waals surface area contributed by atoms with Crippen molar-refractivity contribution in [2.24, 2.45) is 0 Å². The predicted octanol–water partition coefficient (Wildman–Crippen LogP) is 2.19. The Labute approximate surface area is 95.4 Å². The summed E-state index contributed by atoms with van der Waals surface area (Å²) in [6, 6.07) is 3.91. The van der Waals surface area contributed by atoms with Crippen molar-refractivity contribution in [3.63, 3.8) is 0 Å². The number of nitrogens with zero attached hydrogens (tertiary/aromatic N) is 1. The van der Waals surface area contributed by atoms with Gasteiger partial charge in [-0.1, -0.05) is 5.16 Å². The van der Waals surface area contributed by atoms with Crippen LogP contribution < -0.4 is 4.74 Å². The van der Waals surface area contributed by atoms with E-state index in [1.54, 1.807) is 0 Å². The molecule has 2 aromatic rings. The van der Waals surface area contributed by atoms with Gasteiger partial charge in [-0.25, -0.2) is 9.18 Å². The zero-order valence-corrected chi connectivity index (χ0v) is 8.81. The fourth-order valence-corrected chi connectivity index (χ4v) is 1.40. The smallest absolute Gasteiger partial charge is 0.341 e. The van der Waals surface area contributed by atoms with Crippen LogP contribution >= 0.6 is 0 Å². The molecule has 0 spiro atoms. The maximum absolute atomic E-state index is 13.2. The first kappa shape index (κ1) is 11.1. The summed E-state index contributed by atoms with van der Waals surface area (Å²) in [7, 11) is 1.32. The van der Waals surface area contributed by atoms with Gasteiger partial charge in [0, 0.05) is 5.56 Å². The van der Waals surface area contributed by atoms with Gasteiger partial charge in [-0.2, -0.15) is 0 Å². The number of hydrogen-bond donors (Lipinski definition) is 1. The SMILES string of the molecule is COc1cc(-c2oncc2C(=O)O)ccc1F. The first-order valence-electron chi connectivity index (χ1n) is 4.65. The van der Waals surface area contributed by atoms with E-state index in [1.807, 2.05) is 0 Å². The van der Waals surface area contributed by atoms with Crippen LogP contribution in [0.5, 0.6) is 5.75 Å². The Morgan fingerprint density at radius 1 is 1.53 bits per heavy atom. The fraction of sp³-hybridized carbons (Fsp3) is 0.0909. The third-order valence-electron chi connectivity index (χ3n) is 2.21. The van der Waals surface area contributed by atoms with Crippen LogP contribution in [0.2, 0.25) is 0 Å². The van der Waals surface area contributed by atoms with Gasteiger partial charge < -0.3 is 14.4 Å². The lowest BCUT2D eigenvalue weighted by atomic mass is 10.1. The molecule has 2 rings (SSSR count). The average Bonchev–Trinajstić information content (AvgIpc) is 2.78. The largest absolute Gasteiger partial charge is 0.494 e. The highest BCUT2D eigenvalue weighted by Crippen LogP contribution is 2.28. The lowest BCUT2D eigenvalue weighted by Gasteiger charge is -2.03. The Bertz CT molecular complexity index is 564. The molecule has 5 nitrogen and oxygen atoms in total. The summed E-state index contributed by atoms with van der Waals surface area (Å²) in [5, 5.41) is 12.3. The van der Waals surface area contributed by atoms with Crippen LogP contribution in [0.1, 0.15) is 10.4 Å². The number of carbonyl (C=O) groups is 1. The topological polar surface area (TPSA) is 72.6 Å². The summed E-state index contributed by atoms with van der Waals surface area (Å²) in [4.78, 5) is 10.9. The van der Waals surface area contributed by atoms with Gasteiger partial charge in [0.15, 0.2) is 17.3 Å². The Balaban J connectivity index is 2.53. The Morgan fingerprint density at radius 2 is 2.29 bits per heavy atom. The predicted molar refractivity (Wildman–Crippen MR) is 55.4 cm³/mol. The van der Waals surface area contributed by atoms with Crippen LogP contribution in [0.25, 0.3) is 11.3 Å². The fourth-order valence-electron chi connectivity index (χ4n) is 1.40. The normalized spacial score (nSPS) is 10.2. The first-order valence-corrected chi connectivity index (χ1v) is 4.65. The zero-order chi connectivity index (χ0) is 12.4. The van der Waals surface area contributed by atoms with Crippen LogP contribution in [-0.2, 0) is 0 Å². The standard InChI is InChI=1S/C11H8FNO4/c1-16-9-4-6(2-3-8(9)12)10-7(11(14)15)5-13-17-10/h2-5H,1H3,(H,14,15). The molecule has 0 aliphatic carbocycles. The van der Waals surface area contributed by atoms with Gasteiger partial charge in [0.1, 0.15) is 5.56 Å². The highest BCUT2D eigenvalue weighted by Gasteiger charge is 2.18. The van der Waals surface area contributed by atoms with Gasteiger partial charge in [0.25, 0.3) is 0 Å². The number of halogens is 1. The molecular formula is C11H8FNO4. The van der Waals surface area contributed by atoms with Crippen molar-refractivity contribution in [2.75, 3.05) is 7.11 Å². The molecule has 17 heavy (non-hydrogen) atoms. The number of methoxy groups -OCH3 is 1. The van der Waals surface area contributed by atoms with E-state index < -0.39 is 11.8 Å². The van der Waals surface area contributed by atoms with E-state index in [4.69, 9.17) is 14.4 Å². The minimum Gasteiger partial charge on any atom is -0.494 e. The summed E-state index contributed by atoms with van der Waals surface area (Å²) in [5.74, 6) is -1.62. The van der Waals surface area contributed by atoms with Crippen molar-refractivity contribution < 1.29 is 23.6 Å². The van der Waals surface area contributed by atoms with Gasteiger partial charge in [-0.15, -0.1) is 0 Å². The van der Waals surface area contributed by atoms with E-state index in [1.165, 1.54) is 25.3 Å². The van der Waals surface area contributed by atoms with Gasteiger partial charge in [0.2, 0.25) is 0 Å². The van der Waals surface area contributed by atoms with Crippen molar-refractivity contribution in [1.29, 1.82) is 0 Å². The maximum Gasteiger partial charge on any atom is 0.341 e. The third kappa shape index (κ3) is 1.96. The summed E-state index contributed by atoms with van der Waals surface area (Å²) < 4.78 is 22.8. The van der Waals surface area contributed by atoms with Gasteiger partial charge in [-0.05, 0) is 18.2 Å². The molecule has 0 unspecified atom stereocenters. The van der Waals surface area contributed by atoms with Crippen molar-refractivity contribution >= 4 is 5.97 Å². The van der Waals surface area contributed by atoms with Gasteiger partial charge >= 0.3 is 5.97 Å². The molecule has 1 N–H and O–H groups in total. The van der Waals surface area contributed by atoms with E-state index in [0.29, 0.717) is 5.56 Å². The molecule has 1 heterocycles. The molecule has 1 aromatic heterocycles. The van der Waals surface area contributed by atoms with Crippen LogP contribution in [0.4, 0.5) is 4.39 Å². The molecule has 0 amide bonds. The van der Waals surface area contributed by atoms with Crippen LogP contribution in [0.3, 0.4) is 0 Å². The molecule has 0 bridgehead atoms. The summed E-state index contributed by atoms with van der Waals surface area (Å²) in [6.07, 6.45) is 1.09. The lowest BCUT2D eigenvalue weighted by molar-refractivity contribution is 0.0697. The molecule has 0 radical (unpaired) electrons. The number of benzene rings is 1. The minimum atomic E-state index is -1.16. The molecule has 88 valence electrons. The molecule has 0 fully saturated rings. The van der Waals surface area contributed by atoms with E-state index in [2.05, 4.69) is 5.16 Å². The number of hydrogen-bond acceptors (Lipinski definition) is 4. The van der Waals surface area contributed by atoms with Gasteiger partial charge in [-0.3, -0.25) is 0 Å². The minimum absolute atomic E-state index is 0.00948. The number of carboxylic acids is 1.